The molecule has 1 heterocycles. The molecule has 0 spiro atoms. The van der Waals surface area contributed by atoms with Gasteiger partial charge in [0.25, 0.3) is 0 Å². The van der Waals surface area contributed by atoms with Gasteiger partial charge in [0.1, 0.15) is 11.1 Å². The van der Waals surface area contributed by atoms with Crippen LogP contribution in [-0.2, 0) is 0 Å². The van der Waals surface area contributed by atoms with E-state index in [-0.39, 0.29) is 0 Å². The summed E-state index contributed by atoms with van der Waals surface area (Å²) in [6.07, 6.45) is 3.76. The third-order valence-corrected chi connectivity index (χ3v) is 2.08. The summed E-state index contributed by atoms with van der Waals surface area (Å²) < 4.78 is 0. The van der Waals surface area contributed by atoms with Gasteiger partial charge in [0.05, 0.1) is 0 Å². The number of aryl methyl sites for hydroxylation is 1. The zero-order valence-electron chi connectivity index (χ0n) is 7.04. The van der Waals surface area contributed by atoms with Crippen molar-refractivity contribution in [3.05, 3.63) is 28.4 Å². The Morgan fingerprint density at radius 3 is 3.08 bits per heavy atom. The van der Waals surface area contributed by atoms with Gasteiger partial charge in [-0.3, -0.25) is 0 Å². The maximum Gasteiger partial charge on any atom is 0.119 e. The number of hydrogen-bond acceptors (Lipinski definition) is 2. The molecule has 1 aromatic heterocycles. The van der Waals surface area contributed by atoms with Gasteiger partial charge in [0, 0.05) is 12.1 Å². The molecule has 0 saturated carbocycles. The summed E-state index contributed by atoms with van der Waals surface area (Å²) in [5, 5.41) is 11.3. The molecule has 1 N–H and O–H groups in total. The molecule has 0 saturated heterocycles. The normalized spacial score (nSPS) is 15.2. The minimum Gasteiger partial charge on any atom is -0.510 e. The number of nitrogens with zero attached hydrogens (tertiary/aromatic N) is 1. The summed E-state index contributed by atoms with van der Waals surface area (Å²) in [5.41, 5.74) is 0.954. The maximum atomic E-state index is 9.52. The van der Waals surface area contributed by atoms with Crippen LogP contribution in [0, 0.1) is 6.92 Å². The van der Waals surface area contributed by atoms with E-state index in [1.54, 1.807) is 0 Å². The molecule has 0 unspecified atom stereocenters. The second-order valence-corrected chi connectivity index (χ2v) is 3.08. The van der Waals surface area contributed by atoms with Crippen molar-refractivity contribution in [3.63, 3.8) is 0 Å². The van der Waals surface area contributed by atoms with Gasteiger partial charge in [-0.2, -0.15) is 0 Å². The highest BCUT2D eigenvalue weighted by atomic mass is 16.3. The van der Waals surface area contributed by atoms with Crippen molar-refractivity contribution < 1.29 is 5.11 Å². The summed E-state index contributed by atoms with van der Waals surface area (Å²) in [6, 6.07) is 3.97. The van der Waals surface area contributed by atoms with Crippen molar-refractivity contribution in [3.8, 4) is 0 Å². The van der Waals surface area contributed by atoms with E-state index in [0.29, 0.717) is 5.76 Å². The van der Waals surface area contributed by atoms with Gasteiger partial charge >= 0.3 is 0 Å². The third kappa shape index (κ3) is 1.09. The molecular formula is C10H11NO. The molecule has 1 aliphatic carbocycles. The monoisotopic (exact) mass is 161 g/mol. The Kier molecular flexibility index (Phi) is 1.61. The fourth-order valence-corrected chi connectivity index (χ4v) is 1.45. The van der Waals surface area contributed by atoms with Crippen LogP contribution in [0.4, 0.5) is 0 Å². The van der Waals surface area contributed by atoms with Crippen LogP contribution >= 0.6 is 0 Å². The van der Waals surface area contributed by atoms with Crippen molar-refractivity contribution in [2.75, 3.05) is 0 Å². The smallest absolute Gasteiger partial charge is 0.119 e. The first-order valence-corrected chi connectivity index (χ1v) is 4.13. The first kappa shape index (κ1) is 7.35. The van der Waals surface area contributed by atoms with Gasteiger partial charge in [0.15, 0.2) is 0 Å². The highest BCUT2D eigenvalue weighted by Crippen LogP contribution is 2.02. The predicted molar refractivity (Wildman–Crippen MR) is 48.0 cm³/mol. The minimum atomic E-state index is 0.427. The summed E-state index contributed by atoms with van der Waals surface area (Å²) in [4.78, 5) is 4.28. The van der Waals surface area contributed by atoms with Crippen molar-refractivity contribution >= 4 is 11.8 Å². The molecule has 0 atom stereocenters. The van der Waals surface area contributed by atoms with E-state index in [1.165, 1.54) is 0 Å². The second-order valence-electron chi connectivity index (χ2n) is 3.08. The van der Waals surface area contributed by atoms with Crippen molar-refractivity contribution in [1.29, 1.82) is 0 Å². The van der Waals surface area contributed by atoms with Gasteiger partial charge in [-0.05, 0) is 24.6 Å². The van der Waals surface area contributed by atoms with Gasteiger partial charge < -0.3 is 5.11 Å². The van der Waals surface area contributed by atoms with Crippen LogP contribution in [0.1, 0.15) is 18.5 Å². The Hall–Kier alpha value is -1.31. The van der Waals surface area contributed by atoms with E-state index < -0.39 is 0 Å². The lowest BCUT2D eigenvalue weighted by Gasteiger charge is -2.03. The Bertz CT molecular complexity index is 420. The number of aromatic nitrogens is 1. The van der Waals surface area contributed by atoms with Crippen LogP contribution in [0.15, 0.2) is 12.1 Å². The Morgan fingerprint density at radius 2 is 2.25 bits per heavy atom. The van der Waals surface area contributed by atoms with E-state index in [9.17, 15) is 5.11 Å². The van der Waals surface area contributed by atoms with Gasteiger partial charge in [-0.25, -0.2) is 4.98 Å². The molecule has 2 rings (SSSR count). The van der Waals surface area contributed by atoms with Gasteiger partial charge in [-0.15, -0.1) is 0 Å². The van der Waals surface area contributed by atoms with Crippen molar-refractivity contribution in [1.82, 2.24) is 4.98 Å². The van der Waals surface area contributed by atoms with E-state index in [2.05, 4.69) is 11.1 Å². The largest absolute Gasteiger partial charge is 0.510 e. The molecule has 62 valence electrons. The number of aliphatic hydroxyl groups excluding tert-OH is 1. The molecule has 2 nitrogen and oxygen atoms in total. The molecule has 0 aliphatic heterocycles. The highest BCUT2D eigenvalue weighted by Gasteiger charge is 2.02. The van der Waals surface area contributed by atoms with E-state index in [0.717, 1.165) is 29.1 Å². The Labute approximate surface area is 70.9 Å². The Morgan fingerprint density at radius 1 is 1.42 bits per heavy atom. The van der Waals surface area contributed by atoms with Crippen LogP contribution in [0.5, 0.6) is 0 Å². The summed E-state index contributed by atoms with van der Waals surface area (Å²) in [5.74, 6) is 0.427. The summed E-state index contributed by atoms with van der Waals surface area (Å²) >= 11 is 0. The first-order valence-electron chi connectivity index (χ1n) is 4.13. The lowest BCUT2D eigenvalue weighted by molar-refractivity contribution is 0.475. The summed E-state index contributed by atoms with van der Waals surface area (Å²) in [6.45, 7) is 1.93. The highest BCUT2D eigenvalue weighted by molar-refractivity contribution is 5.42. The Balaban J connectivity index is 2.87. The maximum absolute atomic E-state index is 9.52. The number of fused-ring (bicyclic) bond motifs is 1. The quantitative estimate of drug-likeness (QED) is 0.605. The average molecular weight is 161 g/mol. The fraction of sp³-hybridized carbons (Fsp3) is 0.300. The molecule has 1 aromatic rings. The SMILES string of the molecule is Cc1ccc2c(n1)=C(O)CCC=2. The molecule has 0 bridgehead atoms. The van der Waals surface area contributed by atoms with E-state index in [4.69, 9.17) is 0 Å². The first-order chi connectivity index (χ1) is 5.77. The predicted octanol–water partition coefficient (Wildman–Crippen LogP) is 0.631. The molecule has 0 amide bonds. The zero-order valence-corrected chi connectivity index (χ0v) is 7.04. The molecular weight excluding hydrogens is 150 g/mol. The molecule has 0 fully saturated rings. The van der Waals surface area contributed by atoms with E-state index >= 15 is 0 Å². The van der Waals surface area contributed by atoms with Crippen LogP contribution in [-0.4, -0.2) is 10.1 Å². The minimum absolute atomic E-state index is 0.427. The van der Waals surface area contributed by atoms with Crippen molar-refractivity contribution in [2.45, 2.75) is 19.8 Å². The average Bonchev–Trinajstić information content (AvgIpc) is 2.07. The second kappa shape index (κ2) is 2.63. The molecule has 12 heavy (non-hydrogen) atoms. The molecule has 1 aliphatic rings. The standard InChI is InChI=1S/C10H11NO/c1-7-5-6-8-3-2-4-9(12)10(8)11-7/h3,5-6,12H,2,4H2,1H3. The topological polar surface area (TPSA) is 33.1 Å². The summed E-state index contributed by atoms with van der Waals surface area (Å²) in [7, 11) is 0. The number of pyridine rings is 1. The van der Waals surface area contributed by atoms with Crippen LogP contribution in [0.25, 0.3) is 11.8 Å². The number of aliphatic hydroxyl groups is 1. The third-order valence-electron chi connectivity index (χ3n) is 2.08. The molecule has 0 aromatic carbocycles. The zero-order chi connectivity index (χ0) is 8.55. The van der Waals surface area contributed by atoms with Crippen LogP contribution in [0.3, 0.4) is 0 Å². The van der Waals surface area contributed by atoms with Gasteiger partial charge in [-0.1, -0.05) is 12.1 Å². The van der Waals surface area contributed by atoms with Gasteiger partial charge in [0.2, 0.25) is 0 Å². The molecule has 0 radical (unpaired) electrons. The molecule has 2 heteroatoms. The number of rotatable bonds is 0. The van der Waals surface area contributed by atoms with Crippen molar-refractivity contribution in [2.24, 2.45) is 0 Å². The van der Waals surface area contributed by atoms with Crippen LogP contribution in [0.2, 0.25) is 0 Å². The van der Waals surface area contributed by atoms with Crippen LogP contribution < -0.4 is 10.6 Å². The number of hydrogen-bond donors (Lipinski definition) is 1. The fourth-order valence-electron chi connectivity index (χ4n) is 1.45. The van der Waals surface area contributed by atoms with E-state index in [1.807, 2.05) is 19.1 Å². The lowest BCUT2D eigenvalue weighted by atomic mass is 10.1. The lowest BCUT2D eigenvalue weighted by Crippen LogP contribution is -2.33.